The number of ether oxygens (including phenoxy) is 1. The molecule has 0 saturated heterocycles. The van der Waals surface area contributed by atoms with E-state index in [1.165, 1.54) is 12.1 Å². The first-order valence-corrected chi connectivity index (χ1v) is 7.26. The Kier molecular flexibility index (Phi) is 4.34. The minimum Gasteiger partial charge on any atom is -0.422 e. The van der Waals surface area contributed by atoms with Crippen LogP contribution in [-0.2, 0) is 0 Å². The molecule has 0 fully saturated rings. The molecule has 3 aromatic rings. The van der Waals surface area contributed by atoms with Crippen LogP contribution in [0.4, 0.5) is 5.69 Å². The number of hydrogen-bond acceptors (Lipinski definition) is 4. The highest BCUT2D eigenvalue weighted by atomic mass is 16.6. The molecule has 0 amide bonds. The number of rotatable bonds is 4. The molecule has 0 radical (unpaired) electrons. The number of carbonyl (C=O) groups excluding carboxylic acids is 1. The summed E-state index contributed by atoms with van der Waals surface area (Å²) in [5.41, 5.74) is 1.89. The Bertz CT molecular complexity index is 873. The van der Waals surface area contributed by atoms with Crippen molar-refractivity contribution in [3.8, 4) is 16.9 Å². The third kappa shape index (κ3) is 3.30. The van der Waals surface area contributed by atoms with E-state index in [0.29, 0.717) is 16.9 Å². The van der Waals surface area contributed by atoms with E-state index in [2.05, 4.69) is 0 Å². The number of nitrogens with zero attached hydrogens (tertiary/aromatic N) is 1. The summed E-state index contributed by atoms with van der Waals surface area (Å²) in [6.45, 7) is 0. The summed E-state index contributed by atoms with van der Waals surface area (Å²) in [5, 5.41) is 10.8. The van der Waals surface area contributed by atoms with E-state index >= 15 is 0 Å². The predicted octanol–water partition coefficient (Wildman–Crippen LogP) is 4.48. The van der Waals surface area contributed by atoms with Gasteiger partial charge in [-0.1, -0.05) is 36.4 Å². The summed E-state index contributed by atoms with van der Waals surface area (Å²) in [5.74, 6) is -0.0508. The van der Waals surface area contributed by atoms with Crippen LogP contribution in [0, 0.1) is 10.1 Å². The molecular weight excluding hydrogens is 306 g/mol. The Labute approximate surface area is 138 Å². The number of carbonyl (C=O) groups is 1. The number of nitro groups is 1. The van der Waals surface area contributed by atoms with Gasteiger partial charge in [0.1, 0.15) is 5.75 Å². The molecule has 24 heavy (non-hydrogen) atoms. The van der Waals surface area contributed by atoms with E-state index in [1.807, 2.05) is 12.1 Å². The van der Waals surface area contributed by atoms with Gasteiger partial charge in [0.15, 0.2) is 0 Å². The van der Waals surface area contributed by atoms with Crippen molar-refractivity contribution in [3.63, 3.8) is 0 Å². The highest BCUT2D eigenvalue weighted by Crippen LogP contribution is 2.31. The second kappa shape index (κ2) is 6.75. The van der Waals surface area contributed by atoms with Crippen LogP contribution in [0.25, 0.3) is 11.1 Å². The number of nitro benzene ring substituents is 1. The Balaban J connectivity index is 1.91. The van der Waals surface area contributed by atoms with Crippen molar-refractivity contribution in [3.05, 3.63) is 94.5 Å². The fourth-order valence-electron chi connectivity index (χ4n) is 2.29. The molecule has 0 aliphatic carbocycles. The average Bonchev–Trinajstić information content (AvgIpc) is 2.63. The van der Waals surface area contributed by atoms with Crippen molar-refractivity contribution < 1.29 is 14.5 Å². The number of esters is 1. The van der Waals surface area contributed by atoms with Crippen molar-refractivity contribution in [2.24, 2.45) is 0 Å². The van der Waals surface area contributed by atoms with E-state index in [0.717, 1.165) is 5.56 Å². The first-order valence-electron chi connectivity index (χ1n) is 7.26. The second-order valence-electron chi connectivity index (χ2n) is 5.06. The van der Waals surface area contributed by atoms with Gasteiger partial charge in [-0.25, -0.2) is 4.79 Å². The summed E-state index contributed by atoms with van der Waals surface area (Å²) in [7, 11) is 0. The maximum Gasteiger partial charge on any atom is 0.343 e. The van der Waals surface area contributed by atoms with Gasteiger partial charge in [0.2, 0.25) is 0 Å². The Morgan fingerprint density at radius 1 is 0.833 bits per heavy atom. The third-order valence-electron chi connectivity index (χ3n) is 3.49. The van der Waals surface area contributed by atoms with Crippen LogP contribution in [-0.4, -0.2) is 10.9 Å². The molecule has 118 valence electrons. The minimum absolute atomic E-state index is 0.0116. The normalized spacial score (nSPS) is 10.2. The lowest BCUT2D eigenvalue weighted by atomic mass is 10.0. The molecule has 0 unspecified atom stereocenters. The molecule has 0 atom stereocenters. The monoisotopic (exact) mass is 319 g/mol. The number of hydrogen-bond donors (Lipinski definition) is 0. The second-order valence-corrected chi connectivity index (χ2v) is 5.06. The molecule has 5 nitrogen and oxygen atoms in total. The van der Waals surface area contributed by atoms with Gasteiger partial charge in [-0.3, -0.25) is 10.1 Å². The summed E-state index contributed by atoms with van der Waals surface area (Å²) >= 11 is 0. The summed E-state index contributed by atoms with van der Waals surface area (Å²) in [4.78, 5) is 22.5. The van der Waals surface area contributed by atoms with Gasteiger partial charge in [0.25, 0.3) is 5.69 Å². The maximum atomic E-state index is 12.2. The molecule has 5 heteroatoms. The van der Waals surface area contributed by atoms with Gasteiger partial charge in [-0.2, -0.15) is 0 Å². The first-order chi connectivity index (χ1) is 11.6. The van der Waals surface area contributed by atoms with E-state index in [1.54, 1.807) is 54.6 Å². The fraction of sp³-hybridized carbons (Fsp3) is 0. The van der Waals surface area contributed by atoms with E-state index in [4.69, 9.17) is 4.74 Å². The molecule has 0 bridgehead atoms. The van der Waals surface area contributed by atoms with Crippen molar-refractivity contribution in [1.82, 2.24) is 0 Å². The maximum absolute atomic E-state index is 12.2. The van der Waals surface area contributed by atoms with Crippen LogP contribution in [0.3, 0.4) is 0 Å². The molecule has 0 aliphatic heterocycles. The van der Waals surface area contributed by atoms with Crippen molar-refractivity contribution in [2.75, 3.05) is 0 Å². The van der Waals surface area contributed by atoms with E-state index < -0.39 is 10.9 Å². The minimum atomic E-state index is -0.454. The van der Waals surface area contributed by atoms with Crippen LogP contribution in [0.2, 0.25) is 0 Å². The van der Waals surface area contributed by atoms with Crippen molar-refractivity contribution in [2.45, 2.75) is 0 Å². The molecule has 0 spiro atoms. The zero-order valence-corrected chi connectivity index (χ0v) is 12.6. The lowest BCUT2D eigenvalue weighted by molar-refractivity contribution is -0.384. The standard InChI is InChI=1S/C19H13NO4/c21-19(15-6-2-1-3-7-15)24-18-9-5-4-8-17(18)14-10-12-16(13-11-14)20(22)23/h1-13H. The smallest absolute Gasteiger partial charge is 0.343 e. The molecule has 3 aromatic carbocycles. The molecule has 0 saturated carbocycles. The zero-order valence-electron chi connectivity index (χ0n) is 12.6. The van der Waals surface area contributed by atoms with Crippen LogP contribution in [0.5, 0.6) is 5.75 Å². The SMILES string of the molecule is O=C(Oc1ccccc1-c1ccc([N+](=O)[O-])cc1)c1ccccc1. The van der Waals surface area contributed by atoms with Gasteiger partial charge in [0.05, 0.1) is 10.5 Å². The highest BCUT2D eigenvalue weighted by Gasteiger charge is 2.13. The molecule has 0 N–H and O–H groups in total. The third-order valence-corrected chi connectivity index (χ3v) is 3.49. The predicted molar refractivity (Wildman–Crippen MR) is 89.9 cm³/mol. The Morgan fingerprint density at radius 2 is 1.46 bits per heavy atom. The molecule has 0 aromatic heterocycles. The molecule has 3 rings (SSSR count). The van der Waals surface area contributed by atoms with Crippen LogP contribution < -0.4 is 4.74 Å². The topological polar surface area (TPSA) is 69.4 Å². The Morgan fingerprint density at radius 3 is 2.12 bits per heavy atom. The van der Waals surface area contributed by atoms with Crippen LogP contribution in [0.15, 0.2) is 78.9 Å². The van der Waals surface area contributed by atoms with Gasteiger partial charge in [-0.15, -0.1) is 0 Å². The van der Waals surface area contributed by atoms with E-state index in [9.17, 15) is 14.9 Å². The van der Waals surface area contributed by atoms with Crippen LogP contribution in [0.1, 0.15) is 10.4 Å². The summed E-state index contributed by atoms with van der Waals surface area (Å²) in [6, 6.07) is 21.9. The quantitative estimate of drug-likeness (QED) is 0.308. The number of para-hydroxylation sites is 1. The molecular formula is C19H13NO4. The first kappa shape index (κ1) is 15.4. The summed E-state index contributed by atoms with van der Waals surface area (Å²) < 4.78 is 5.49. The van der Waals surface area contributed by atoms with Crippen molar-refractivity contribution >= 4 is 11.7 Å². The van der Waals surface area contributed by atoms with Crippen molar-refractivity contribution in [1.29, 1.82) is 0 Å². The molecule has 0 heterocycles. The Hall–Kier alpha value is -3.47. The lowest BCUT2D eigenvalue weighted by Crippen LogP contribution is -2.08. The number of benzene rings is 3. The highest BCUT2D eigenvalue weighted by molar-refractivity contribution is 5.92. The lowest BCUT2D eigenvalue weighted by Gasteiger charge is -2.10. The van der Waals surface area contributed by atoms with Gasteiger partial charge >= 0.3 is 5.97 Å². The largest absolute Gasteiger partial charge is 0.422 e. The fourth-order valence-corrected chi connectivity index (χ4v) is 2.29. The average molecular weight is 319 g/mol. The van der Waals surface area contributed by atoms with Gasteiger partial charge < -0.3 is 4.74 Å². The number of non-ortho nitro benzene ring substituents is 1. The zero-order chi connectivity index (χ0) is 16.9. The van der Waals surface area contributed by atoms with E-state index in [-0.39, 0.29) is 5.69 Å². The molecule has 0 aliphatic rings. The summed E-state index contributed by atoms with van der Waals surface area (Å²) in [6.07, 6.45) is 0. The van der Waals surface area contributed by atoms with Gasteiger partial charge in [-0.05, 0) is 35.9 Å². The van der Waals surface area contributed by atoms with Gasteiger partial charge in [0, 0.05) is 17.7 Å². The van der Waals surface area contributed by atoms with Crippen LogP contribution >= 0.6 is 0 Å².